The number of halogens is 1. The number of anilines is 1. The third-order valence-corrected chi connectivity index (χ3v) is 2.40. The molecule has 0 bridgehead atoms. The summed E-state index contributed by atoms with van der Waals surface area (Å²) in [4.78, 5) is 8.27. The molecule has 0 aliphatic carbocycles. The van der Waals surface area contributed by atoms with Crippen LogP contribution in [0.15, 0.2) is 18.6 Å². The lowest BCUT2D eigenvalue weighted by molar-refractivity contribution is 0.462. The Hall–Kier alpha value is -1.82. The van der Waals surface area contributed by atoms with Crippen molar-refractivity contribution in [3.05, 3.63) is 23.6 Å². The molecule has 0 aliphatic rings. The molecule has 0 spiro atoms. The van der Waals surface area contributed by atoms with Crippen molar-refractivity contribution >= 4 is 17.5 Å². The van der Waals surface area contributed by atoms with Gasteiger partial charge in [0.05, 0.1) is 18.6 Å². The number of rotatable bonds is 5. The van der Waals surface area contributed by atoms with Gasteiger partial charge in [-0.15, -0.1) is 0 Å². The fourth-order valence-electron chi connectivity index (χ4n) is 1.31. The van der Waals surface area contributed by atoms with Gasteiger partial charge in [0.15, 0.2) is 5.75 Å². The van der Waals surface area contributed by atoms with Gasteiger partial charge in [-0.25, -0.2) is 4.98 Å². The molecule has 6 nitrogen and oxygen atoms in total. The molecule has 1 N–H and O–H groups in total. The van der Waals surface area contributed by atoms with E-state index in [1.54, 1.807) is 17.1 Å². The molecular formula is C11H14ClN5O. The minimum atomic E-state index is 0.318. The van der Waals surface area contributed by atoms with Gasteiger partial charge in [-0.1, -0.05) is 18.5 Å². The second-order valence-corrected chi connectivity index (χ2v) is 4.13. The molecule has 2 heterocycles. The van der Waals surface area contributed by atoms with Gasteiger partial charge in [0.2, 0.25) is 11.8 Å². The van der Waals surface area contributed by atoms with Gasteiger partial charge in [-0.2, -0.15) is 10.1 Å². The van der Waals surface area contributed by atoms with Crippen molar-refractivity contribution < 1.29 is 4.74 Å². The lowest BCUT2D eigenvalue weighted by Crippen LogP contribution is -2.04. The first-order chi connectivity index (χ1) is 8.69. The van der Waals surface area contributed by atoms with Crippen LogP contribution in [0.25, 0.3) is 0 Å². The van der Waals surface area contributed by atoms with Crippen LogP contribution in [-0.4, -0.2) is 26.3 Å². The summed E-state index contributed by atoms with van der Waals surface area (Å²) in [5, 5.41) is 7.44. The van der Waals surface area contributed by atoms with Gasteiger partial charge < -0.3 is 10.1 Å². The zero-order chi connectivity index (χ0) is 13.0. The van der Waals surface area contributed by atoms with Crippen LogP contribution in [0.1, 0.15) is 13.3 Å². The van der Waals surface area contributed by atoms with Gasteiger partial charge in [0, 0.05) is 13.6 Å². The zero-order valence-corrected chi connectivity index (χ0v) is 11.0. The normalized spacial score (nSPS) is 10.4. The Balaban J connectivity index is 2.15. The van der Waals surface area contributed by atoms with Crippen LogP contribution in [0.2, 0.25) is 5.02 Å². The third kappa shape index (κ3) is 3.10. The van der Waals surface area contributed by atoms with E-state index in [9.17, 15) is 0 Å². The highest BCUT2D eigenvalue weighted by Gasteiger charge is 2.08. The van der Waals surface area contributed by atoms with E-state index in [4.69, 9.17) is 16.3 Å². The van der Waals surface area contributed by atoms with Crippen molar-refractivity contribution in [2.24, 2.45) is 7.05 Å². The summed E-state index contributed by atoms with van der Waals surface area (Å²) in [5.41, 5.74) is 0. The first kappa shape index (κ1) is 12.6. The monoisotopic (exact) mass is 267 g/mol. The van der Waals surface area contributed by atoms with E-state index in [1.165, 1.54) is 6.20 Å². The highest BCUT2D eigenvalue weighted by Crippen LogP contribution is 2.26. The van der Waals surface area contributed by atoms with Crippen LogP contribution < -0.4 is 10.1 Å². The van der Waals surface area contributed by atoms with Crippen molar-refractivity contribution in [3.63, 3.8) is 0 Å². The molecular weight excluding hydrogens is 254 g/mol. The largest absolute Gasteiger partial charge is 0.434 e. The topological polar surface area (TPSA) is 64.9 Å². The Labute approximate surface area is 110 Å². The lowest BCUT2D eigenvalue weighted by Gasteiger charge is -2.07. The maximum absolute atomic E-state index is 5.98. The van der Waals surface area contributed by atoms with E-state index in [2.05, 4.69) is 27.3 Å². The van der Waals surface area contributed by atoms with Crippen molar-refractivity contribution in [1.82, 2.24) is 19.7 Å². The average Bonchev–Trinajstić information content (AvgIpc) is 2.76. The summed E-state index contributed by atoms with van der Waals surface area (Å²) in [6.07, 6.45) is 5.83. The molecule has 0 unspecified atom stereocenters. The van der Waals surface area contributed by atoms with Crippen LogP contribution in [0.5, 0.6) is 11.6 Å². The summed E-state index contributed by atoms with van der Waals surface area (Å²) in [7, 11) is 1.81. The van der Waals surface area contributed by atoms with E-state index in [-0.39, 0.29) is 0 Å². The second kappa shape index (κ2) is 5.68. The summed E-state index contributed by atoms with van der Waals surface area (Å²) >= 11 is 5.98. The Morgan fingerprint density at radius 3 is 2.94 bits per heavy atom. The number of hydrogen-bond acceptors (Lipinski definition) is 5. The molecule has 96 valence electrons. The number of hydrogen-bond donors (Lipinski definition) is 1. The molecule has 18 heavy (non-hydrogen) atoms. The van der Waals surface area contributed by atoms with Crippen LogP contribution in [-0.2, 0) is 7.05 Å². The zero-order valence-electron chi connectivity index (χ0n) is 10.2. The maximum Gasteiger partial charge on any atom is 0.243 e. The van der Waals surface area contributed by atoms with Gasteiger partial charge in [-0.05, 0) is 6.42 Å². The molecule has 0 atom stereocenters. The van der Waals surface area contributed by atoms with E-state index in [0.29, 0.717) is 22.6 Å². The predicted molar refractivity (Wildman–Crippen MR) is 69.1 cm³/mol. The summed E-state index contributed by atoms with van der Waals surface area (Å²) in [6.45, 7) is 2.87. The van der Waals surface area contributed by atoms with Crippen LogP contribution in [0.3, 0.4) is 0 Å². The fourth-order valence-corrected chi connectivity index (χ4v) is 1.44. The number of aromatic nitrogens is 4. The summed E-state index contributed by atoms with van der Waals surface area (Å²) < 4.78 is 7.18. The van der Waals surface area contributed by atoms with Crippen LogP contribution in [0.4, 0.5) is 5.95 Å². The average molecular weight is 268 g/mol. The minimum absolute atomic E-state index is 0.318. The summed E-state index contributed by atoms with van der Waals surface area (Å²) in [5.74, 6) is 1.40. The van der Waals surface area contributed by atoms with Crippen molar-refractivity contribution in [2.45, 2.75) is 13.3 Å². The predicted octanol–water partition coefficient (Wildman–Crippen LogP) is 2.48. The van der Waals surface area contributed by atoms with Crippen LogP contribution in [0, 0.1) is 0 Å². The Morgan fingerprint density at radius 1 is 1.44 bits per heavy atom. The minimum Gasteiger partial charge on any atom is -0.434 e. The molecule has 0 saturated heterocycles. The first-order valence-electron chi connectivity index (χ1n) is 5.62. The first-order valence-corrected chi connectivity index (χ1v) is 5.99. The molecule has 0 amide bonds. The smallest absolute Gasteiger partial charge is 0.243 e. The second-order valence-electron chi connectivity index (χ2n) is 3.73. The van der Waals surface area contributed by atoms with E-state index >= 15 is 0 Å². The molecule has 0 radical (unpaired) electrons. The molecule has 0 saturated carbocycles. The molecule has 0 aliphatic heterocycles. The molecule has 0 aromatic carbocycles. The van der Waals surface area contributed by atoms with E-state index in [1.807, 2.05) is 7.05 Å². The van der Waals surface area contributed by atoms with Crippen molar-refractivity contribution in [3.8, 4) is 11.6 Å². The molecule has 0 fully saturated rings. The van der Waals surface area contributed by atoms with Crippen LogP contribution >= 0.6 is 11.6 Å². The fraction of sp³-hybridized carbons (Fsp3) is 0.364. The van der Waals surface area contributed by atoms with Gasteiger partial charge >= 0.3 is 0 Å². The number of nitrogens with one attached hydrogen (secondary N) is 1. The van der Waals surface area contributed by atoms with E-state index in [0.717, 1.165) is 13.0 Å². The molecule has 2 aromatic rings. The van der Waals surface area contributed by atoms with Gasteiger partial charge in [-0.3, -0.25) is 4.68 Å². The number of aryl methyl sites for hydroxylation is 1. The highest BCUT2D eigenvalue weighted by atomic mass is 35.5. The Morgan fingerprint density at radius 2 is 2.28 bits per heavy atom. The van der Waals surface area contributed by atoms with Gasteiger partial charge in [0.1, 0.15) is 5.02 Å². The quantitative estimate of drug-likeness (QED) is 0.902. The number of ether oxygens (including phenoxy) is 1. The highest BCUT2D eigenvalue weighted by molar-refractivity contribution is 6.31. The third-order valence-electron chi connectivity index (χ3n) is 2.14. The maximum atomic E-state index is 5.98. The summed E-state index contributed by atoms with van der Waals surface area (Å²) in [6, 6.07) is 0. The molecule has 2 rings (SSSR count). The van der Waals surface area contributed by atoms with Crippen molar-refractivity contribution in [1.29, 1.82) is 0 Å². The lowest BCUT2D eigenvalue weighted by atomic mass is 10.5. The van der Waals surface area contributed by atoms with E-state index < -0.39 is 0 Å². The number of nitrogens with zero attached hydrogens (tertiary/aromatic N) is 4. The molecule has 7 heteroatoms. The Bertz CT molecular complexity index is 528. The van der Waals surface area contributed by atoms with Crippen molar-refractivity contribution in [2.75, 3.05) is 11.9 Å². The SMILES string of the molecule is CCCNc1ncc(Cl)c(Oc2cnn(C)c2)n1. The van der Waals surface area contributed by atoms with Gasteiger partial charge in [0.25, 0.3) is 0 Å². The Kier molecular flexibility index (Phi) is 3.99. The standard InChI is InChI=1S/C11H14ClN5O/c1-3-4-13-11-14-6-9(12)10(16-11)18-8-5-15-17(2)7-8/h5-7H,3-4H2,1-2H3,(H,13,14,16). The molecule has 2 aromatic heterocycles.